The van der Waals surface area contributed by atoms with E-state index in [0.717, 1.165) is 31.2 Å². The highest BCUT2D eigenvalue weighted by molar-refractivity contribution is 5.94. The SMILES string of the molecule is CN=C(NCCC(C)N(C)Cc1ccccc1)NCC1CC(=O)Nc2ccccc21. The maximum absolute atomic E-state index is 12.0. The van der Waals surface area contributed by atoms with Crippen LogP contribution in [-0.2, 0) is 11.3 Å². The van der Waals surface area contributed by atoms with Gasteiger partial charge in [-0.3, -0.25) is 14.7 Å². The van der Waals surface area contributed by atoms with Crippen molar-refractivity contribution >= 4 is 17.6 Å². The molecule has 2 aromatic carbocycles. The monoisotopic (exact) mass is 407 g/mol. The van der Waals surface area contributed by atoms with E-state index in [0.29, 0.717) is 19.0 Å². The molecule has 0 saturated carbocycles. The van der Waals surface area contributed by atoms with Crippen LogP contribution in [0.5, 0.6) is 0 Å². The van der Waals surface area contributed by atoms with E-state index in [1.807, 2.05) is 24.3 Å². The van der Waals surface area contributed by atoms with Crippen LogP contribution in [0.25, 0.3) is 0 Å². The number of anilines is 1. The molecule has 2 aromatic rings. The van der Waals surface area contributed by atoms with Gasteiger partial charge in [0.2, 0.25) is 5.91 Å². The third-order valence-electron chi connectivity index (χ3n) is 5.73. The number of aliphatic imine (C=N–C) groups is 1. The molecule has 0 aromatic heterocycles. The summed E-state index contributed by atoms with van der Waals surface area (Å²) in [7, 11) is 3.94. The van der Waals surface area contributed by atoms with E-state index in [2.05, 4.69) is 70.1 Å². The molecule has 3 rings (SSSR count). The normalized spacial score (nSPS) is 17.3. The predicted octanol–water partition coefficient (Wildman–Crippen LogP) is 3.19. The average Bonchev–Trinajstić information content (AvgIpc) is 2.76. The van der Waals surface area contributed by atoms with Gasteiger partial charge in [-0.2, -0.15) is 0 Å². The molecule has 0 spiro atoms. The van der Waals surface area contributed by atoms with Crippen LogP contribution in [0.1, 0.15) is 36.8 Å². The number of nitrogens with one attached hydrogen (secondary N) is 3. The molecule has 1 heterocycles. The maximum Gasteiger partial charge on any atom is 0.225 e. The van der Waals surface area contributed by atoms with Crippen molar-refractivity contribution in [1.29, 1.82) is 0 Å². The molecule has 0 aliphatic carbocycles. The van der Waals surface area contributed by atoms with Crippen molar-refractivity contribution in [2.45, 2.75) is 38.3 Å². The molecule has 1 aliphatic heterocycles. The standard InChI is InChI=1S/C24H33N5O/c1-18(29(3)17-19-9-5-4-6-10-19)13-14-26-24(25-2)27-16-20-15-23(30)28-22-12-8-7-11-21(20)22/h4-12,18,20H,13-17H2,1-3H3,(H,28,30)(H2,25,26,27). The molecule has 0 radical (unpaired) electrons. The molecule has 0 saturated heterocycles. The van der Waals surface area contributed by atoms with E-state index in [9.17, 15) is 4.79 Å². The molecule has 3 N–H and O–H groups in total. The summed E-state index contributed by atoms with van der Waals surface area (Å²) in [5, 5.41) is 9.74. The van der Waals surface area contributed by atoms with Crippen molar-refractivity contribution in [1.82, 2.24) is 15.5 Å². The molecule has 160 valence electrons. The van der Waals surface area contributed by atoms with Gasteiger partial charge in [-0.15, -0.1) is 0 Å². The first-order chi connectivity index (χ1) is 14.6. The summed E-state index contributed by atoms with van der Waals surface area (Å²) in [5.74, 6) is 0.986. The Kier molecular flexibility index (Phi) is 7.85. The number of guanidine groups is 1. The second kappa shape index (κ2) is 10.8. The van der Waals surface area contributed by atoms with E-state index < -0.39 is 0 Å². The Balaban J connectivity index is 1.43. The maximum atomic E-state index is 12.0. The van der Waals surface area contributed by atoms with Gasteiger partial charge in [-0.25, -0.2) is 0 Å². The molecule has 1 amide bonds. The van der Waals surface area contributed by atoms with Gasteiger partial charge in [0.05, 0.1) is 0 Å². The van der Waals surface area contributed by atoms with Gasteiger partial charge < -0.3 is 16.0 Å². The van der Waals surface area contributed by atoms with E-state index >= 15 is 0 Å². The summed E-state index contributed by atoms with van der Waals surface area (Å²) in [6.45, 7) is 4.70. The Morgan fingerprint density at radius 2 is 1.90 bits per heavy atom. The molecule has 6 heteroatoms. The minimum Gasteiger partial charge on any atom is -0.356 e. The van der Waals surface area contributed by atoms with Gasteiger partial charge in [-0.05, 0) is 37.6 Å². The lowest BCUT2D eigenvalue weighted by molar-refractivity contribution is -0.116. The van der Waals surface area contributed by atoms with Crippen molar-refractivity contribution < 1.29 is 4.79 Å². The van der Waals surface area contributed by atoms with Gasteiger partial charge >= 0.3 is 0 Å². The summed E-state index contributed by atoms with van der Waals surface area (Å²) in [4.78, 5) is 18.7. The van der Waals surface area contributed by atoms with Crippen molar-refractivity contribution in [3.63, 3.8) is 0 Å². The van der Waals surface area contributed by atoms with Gasteiger partial charge in [0.1, 0.15) is 0 Å². The van der Waals surface area contributed by atoms with Crippen LogP contribution < -0.4 is 16.0 Å². The Morgan fingerprint density at radius 3 is 2.67 bits per heavy atom. The molecule has 2 atom stereocenters. The molecular weight excluding hydrogens is 374 g/mol. The molecule has 1 aliphatic rings. The fraction of sp³-hybridized carbons (Fsp3) is 0.417. The zero-order chi connectivity index (χ0) is 21.3. The fourth-order valence-electron chi connectivity index (χ4n) is 3.77. The number of para-hydroxylation sites is 1. The molecule has 2 unspecified atom stereocenters. The Morgan fingerprint density at radius 1 is 1.17 bits per heavy atom. The van der Waals surface area contributed by atoms with Crippen molar-refractivity contribution in [2.75, 3.05) is 32.5 Å². The Bertz CT molecular complexity index is 852. The highest BCUT2D eigenvalue weighted by Crippen LogP contribution is 2.31. The highest BCUT2D eigenvalue weighted by Gasteiger charge is 2.24. The van der Waals surface area contributed by atoms with Crippen molar-refractivity contribution in [3.8, 4) is 0 Å². The number of hydrogen-bond acceptors (Lipinski definition) is 3. The molecule has 6 nitrogen and oxygen atoms in total. The first-order valence-electron chi connectivity index (χ1n) is 10.6. The number of nitrogens with zero attached hydrogens (tertiary/aromatic N) is 2. The van der Waals surface area contributed by atoms with Gasteiger partial charge in [0.15, 0.2) is 5.96 Å². The lowest BCUT2D eigenvalue weighted by Crippen LogP contribution is -2.42. The van der Waals surface area contributed by atoms with Crippen LogP contribution in [-0.4, -0.2) is 50.0 Å². The van der Waals surface area contributed by atoms with E-state index in [-0.39, 0.29) is 11.8 Å². The molecule has 0 fully saturated rings. The van der Waals surface area contributed by atoms with Crippen LogP contribution in [0.2, 0.25) is 0 Å². The van der Waals surface area contributed by atoms with Crippen LogP contribution in [0.4, 0.5) is 5.69 Å². The average molecular weight is 408 g/mol. The van der Waals surface area contributed by atoms with Crippen LogP contribution in [0, 0.1) is 0 Å². The highest BCUT2D eigenvalue weighted by atomic mass is 16.1. The number of carbonyl (C=O) groups is 1. The topological polar surface area (TPSA) is 68.8 Å². The minimum absolute atomic E-state index is 0.0683. The summed E-state index contributed by atoms with van der Waals surface area (Å²) in [5.41, 5.74) is 3.42. The summed E-state index contributed by atoms with van der Waals surface area (Å²) in [6, 6.07) is 19.0. The molecule has 30 heavy (non-hydrogen) atoms. The first-order valence-corrected chi connectivity index (χ1v) is 10.6. The lowest BCUT2D eigenvalue weighted by Gasteiger charge is -2.27. The number of benzene rings is 2. The van der Waals surface area contributed by atoms with Crippen molar-refractivity contribution in [2.24, 2.45) is 4.99 Å². The van der Waals surface area contributed by atoms with Gasteiger partial charge in [-0.1, -0.05) is 48.5 Å². The molecular formula is C24H33N5O. The zero-order valence-electron chi connectivity index (χ0n) is 18.2. The second-order valence-corrected chi connectivity index (χ2v) is 7.95. The Hall–Kier alpha value is -2.86. The van der Waals surface area contributed by atoms with E-state index in [1.165, 1.54) is 11.1 Å². The van der Waals surface area contributed by atoms with Crippen molar-refractivity contribution in [3.05, 3.63) is 65.7 Å². The number of rotatable bonds is 8. The van der Waals surface area contributed by atoms with E-state index in [1.54, 1.807) is 7.05 Å². The summed E-state index contributed by atoms with van der Waals surface area (Å²) in [6.07, 6.45) is 1.50. The molecule has 0 bridgehead atoms. The zero-order valence-corrected chi connectivity index (χ0v) is 18.2. The third kappa shape index (κ3) is 6.07. The van der Waals surface area contributed by atoms with E-state index in [4.69, 9.17) is 0 Å². The summed E-state index contributed by atoms with van der Waals surface area (Å²) < 4.78 is 0. The smallest absolute Gasteiger partial charge is 0.225 e. The minimum atomic E-state index is 0.0683. The number of fused-ring (bicyclic) bond motifs is 1. The second-order valence-electron chi connectivity index (χ2n) is 7.95. The number of carbonyl (C=O) groups excluding carboxylic acids is 1. The van der Waals surface area contributed by atoms with Crippen LogP contribution >= 0.6 is 0 Å². The fourth-order valence-corrected chi connectivity index (χ4v) is 3.77. The van der Waals surface area contributed by atoms with Gasteiger partial charge in [0, 0.05) is 50.7 Å². The quantitative estimate of drug-likeness (QED) is 0.464. The third-order valence-corrected chi connectivity index (χ3v) is 5.73. The van der Waals surface area contributed by atoms with Gasteiger partial charge in [0.25, 0.3) is 0 Å². The predicted molar refractivity (Wildman–Crippen MR) is 124 cm³/mol. The van der Waals surface area contributed by atoms with Crippen LogP contribution in [0.15, 0.2) is 59.6 Å². The first kappa shape index (κ1) is 21.8. The number of hydrogen-bond donors (Lipinski definition) is 3. The number of amides is 1. The summed E-state index contributed by atoms with van der Waals surface area (Å²) >= 11 is 0. The van der Waals surface area contributed by atoms with Crippen LogP contribution in [0.3, 0.4) is 0 Å². The largest absolute Gasteiger partial charge is 0.356 e. The lowest BCUT2D eigenvalue weighted by atomic mass is 9.90. The Labute approximate surface area is 179 Å².